The lowest BCUT2D eigenvalue weighted by molar-refractivity contribution is 1.23. The highest BCUT2D eigenvalue weighted by molar-refractivity contribution is 6.05. The van der Waals surface area contributed by atoms with Gasteiger partial charge in [-0.1, -0.05) is 18.2 Å². The molecule has 0 aliphatic heterocycles. The van der Waals surface area contributed by atoms with Crippen molar-refractivity contribution in [2.24, 2.45) is 0 Å². The van der Waals surface area contributed by atoms with E-state index in [2.05, 4.69) is 29.0 Å². The summed E-state index contributed by atoms with van der Waals surface area (Å²) >= 11 is 0. The highest BCUT2D eigenvalue weighted by Crippen LogP contribution is 2.24. The molecule has 0 aliphatic rings. The Hall–Kier alpha value is -1.96. The summed E-state index contributed by atoms with van der Waals surface area (Å²) in [6, 6.07) is 10.4. The molecule has 0 fully saturated rings. The number of nitrogens with zero attached hydrogens (tertiary/aromatic N) is 2. The molecule has 16 heavy (non-hydrogen) atoms. The SMILES string of the molecule is Cc1cnc2c(C)nc3ccccc3c2c1. The van der Waals surface area contributed by atoms with Crippen molar-refractivity contribution in [3.8, 4) is 0 Å². The summed E-state index contributed by atoms with van der Waals surface area (Å²) < 4.78 is 0. The fraction of sp³-hybridized carbons (Fsp3) is 0.143. The van der Waals surface area contributed by atoms with Crippen molar-refractivity contribution in [2.75, 3.05) is 0 Å². The van der Waals surface area contributed by atoms with Crippen molar-refractivity contribution < 1.29 is 0 Å². The zero-order valence-electron chi connectivity index (χ0n) is 9.36. The largest absolute Gasteiger partial charge is 0.254 e. The second kappa shape index (κ2) is 3.27. The second-order valence-corrected chi connectivity index (χ2v) is 4.12. The molecule has 2 heterocycles. The Balaban J connectivity index is 2.61. The topological polar surface area (TPSA) is 25.8 Å². The predicted octanol–water partition coefficient (Wildman–Crippen LogP) is 3.40. The summed E-state index contributed by atoms with van der Waals surface area (Å²) in [5.74, 6) is 0. The number of aromatic nitrogens is 2. The van der Waals surface area contributed by atoms with Crippen LogP contribution in [-0.2, 0) is 0 Å². The number of aryl methyl sites for hydroxylation is 2. The first-order valence-electron chi connectivity index (χ1n) is 5.37. The van der Waals surface area contributed by atoms with Crippen LogP contribution in [0.25, 0.3) is 21.8 Å². The summed E-state index contributed by atoms with van der Waals surface area (Å²) in [5.41, 5.74) is 4.22. The molecule has 0 amide bonds. The summed E-state index contributed by atoms with van der Waals surface area (Å²) in [5, 5.41) is 2.38. The molecule has 0 bridgehead atoms. The number of hydrogen-bond donors (Lipinski definition) is 0. The average Bonchev–Trinajstić information content (AvgIpc) is 2.29. The van der Waals surface area contributed by atoms with Crippen molar-refractivity contribution in [3.63, 3.8) is 0 Å². The predicted molar refractivity (Wildman–Crippen MR) is 66.5 cm³/mol. The first-order chi connectivity index (χ1) is 7.75. The lowest BCUT2D eigenvalue weighted by Gasteiger charge is -2.06. The summed E-state index contributed by atoms with van der Waals surface area (Å²) in [7, 11) is 0. The molecule has 0 saturated heterocycles. The van der Waals surface area contributed by atoms with Crippen LogP contribution in [0.2, 0.25) is 0 Å². The standard InChI is InChI=1S/C14H12N2/c1-9-7-12-11-5-3-4-6-13(11)16-10(2)14(12)15-8-9/h3-8H,1-2H3. The number of benzene rings is 1. The van der Waals surface area contributed by atoms with Gasteiger partial charge in [-0.15, -0.1) is 0 Å². The third-order valence-corrected chi connectivity index (χ3v) is 2.85. The normalized spacial score (nSPS) is 11.1. The average molecular weight is 208 g/mol. The molecule has 0 N–H and O–H groups in total. The van der Waals surface area contributed by atoms with Crippen molar-refractivity contribution in [2.45, 2.75) is 13.8 Å². The van der Waals surface area contributed by atoms with E-state index in [9.17, 15) is 0 Å². The monoisotopic (exact) mass is 208 g/mol. The van der Waals surface area contributed by atoms with Crippen molar-refractivity contribution in [3.05, 3.63) is 47.8 Å². The molecule has 0 spiro atoms. The van der Waals surface area contributed by atoms with Gasteiger partial charge in [-0.2, -0.15) is 0 Å². The van der Waals surface area contributed by atoms with Crippen molar-refractivity contribution in [1.29, 1.82) is 0 Å². The van der Waals surface area contributed by atoms with Gasteiger partial charge in [0.25, 0.3) is 0 Å². The van der Waals surface area contributed by atoms with Crippen LogP contribution in [0.1, 0.15) is 11.3 Å². The Morgan fingerprint density at radius 1 is 1.00 bits per heavy atom. The van der Waals surface area contributed by atoms with Crippen LogP contribution < -0.4 is 0 Å². The molecule has 0 aliphatic carbocycles. The maximum atomic E-state index is 4.57. The van der Waals surface area contributed by atoms with Crippen LogP contribution in [0.3, 0.4) is 0 Å². The number of hydrogen-bond acceptors (Lipinski definition) is 2. The fourth-order valence-electron chi connectivity index (χ4n) is 2.10. The third-order valence-electron chi connectivity index (χ3n) is 2.85. The van der Waals surface area contributed by atoms with Crippen LogP contribution >= 0.6 is 0 Å². The van der Waals surface area contributed by atoms with E-state index in [1.54, 1.807) is 0 Å². The number of pyridine rings is 2. The molecular formula is C14H12N2. The van der Waals surface area contributed by atoms with E-state index in [0.717, 1.165) is 16.7 Å². The van der Waals surface area contributed by atoms with Gasteiger partial charge in [-0.25, -0.2) is 0 Å². The third kappa shape index (κ3) is 1.27. The van der Waals surface area contributed by atoms with Crippen LogP contribution in [0.5, 0.6) is 0 Å². The van der Waals surface area contributed by atoms with Crippen LogP contribution in [0.4, 0.5) is 0 Å². The van der Waals surface area contributed by atoms with Gasteiger partial charge < -0.3 is 0 Å². The Bertz CT molecular complexity index is 687. The molecule has 2 heteroatoms. The van der Waals surface area contributed by atoms with Crippen LogP contribution in [0.15, 0.2) is 36.5 Å². The van der Waals surface area contributed by atoms with Gasteiger partial charge in [0, 0.05) is 17.0 Å². The van der Waals surface area contributed by atoms with E-state index in [-0.39, 0.29) is 0 Å². The zero-order valence-corrected chi connectivity index (χ0v) is 9.36. The minimum atomic E-state index is 0.994. The summed E-state index contributed by atoms with van der Waals surface area (Å²) in [6.45, 7) is 4.08. The van der Waals surface area contributed by atoms with Gasteiger partial charge in [0.1, 0.15) is 0 Å². The molecule has 1 aromatic carbocycles. The van der Waals surface area contributed by atoms with Gasteiger partial charge in [-0.3, -0.25) is 9.97 Å². The van der Waals surface area contributed by atoms with Gasteiger partial charge in [0.05, 0.1) is 16.7 Å². The molecule has 2 nitrogen and oxygen atoms in total. The lowest BCUT2D eigenvalue weighted by atomic mass is 10.1. The minimum Gasteiger partial charge on any atom is -0.254 e. The minimum absolute atomic E-state index is 0.994. The van der Waals surface area contributed by atoms with Gasteiger partial charge in [0.2, 0.25) is 0 Å². The first kappa shape index (κ1) is 9.28. The Labute approximate surface area is 94.0 Å². The molecule has 0 atom stereocenters. The molecule has 2 aromatic heterocycles. The van der Waals surface area contributed by atoms with E-state index < -0.39 is 0 Å². The Morgan fingerprint density at radius 2 is 1.81 bits per heavy atom. The molecule has 0 radical (unpaired) electrons. The Morgan fingerprint density at radius 3 is 2.69 bits per heavy atom. The van der Waals surface area contributed by atoms with E-state index >= 15 is 0 Å². The van der Waals surface area contributed by atoms with Crippen molar-refractivity contribution in [1.82, 2.24) is 9.97 Å². The van der Waals surface area contributed by atoms with Gasteiger partial charge in [-0.05, 0) is 31.5 Å². The van der Waals surface area contributed by atoms with E-state index in [1.165, 1.54) is 16.3 Å². The lowest BCUT2D eigenvalue weighted by Crippen LogP contribution is -1.91. The number of fused-ring (bicyclic) bond motifs is 3. The fourth-order valence-corrected chi connectivity index (χ4v) is 2.10. The van der Waals surface area contributed by atoms with Gasteiger partial charge >= 0.3 is 0 Å². The highest BCUT2D eigenvalue weighted by Gasteiger charge is 2.05. The first-order valence-corrected chi connectivity index (χ1v) is 5.37. The highest BCUT2D eigenvalue weighted by atomic mass is 14.8. The number of para-hydroxylation sites is 1. The van der Waals surface area contributed by atoms with Crippen LogP contribution in [0, 0.1) is 13.8 Å². The smallest absolute Gasteiger partial charge is 0.0920 e. The maximum absolute atomic E-state index is 4.57. The molecule has 78 valence electrons. The molecule has 3 rings (SSSR count). The van der Waals surface area contributed by atoms with Gasteiger partial charge in [0.15, 0.2) is 0 Å². The number of rotatable bonds is 0. The Kier molecular flexibility index (Phi) is 1.90. The molecule has 3 aromatic rings. The van der Waals surface area contributed by atoms with Crippen molar-refractivity contribution >= 4 is 21.8 Å². The summed E-state index contributed by atoms with van der Waals surface area (Å²) in [4.78, 5) is 9.04. The molecule has 0 saturated carbocycles. The molecular weight excluding hydrogens is 196 g/mol. The zero-order chi connectivity index (χ0) is 11.1. The quantitative estimate of drug-likeness (QED) is 0.529. The maximum Gasteiger partial charge on any atom is 0.0920 e. The van der Waals surface area contributed by atoms with E-state index in [0.29, 0.717) is 0 Å². The summed E-state index contributed by atoms with van der Waals surface area (Å²) in [6.07, 6.45) is 1.89. The molecule has 0 unspecified atom stereocenters. The second-order valence-electron chi connectivity index (χ2n) is 4.12. The van der Waals surface area contributed by atoms with E-state index in [1.807, 2.05) is 31.3 Å². The van der Waals surface area contributed by atoms with E-state index in [4.69, 9.17) is 0 Å². The van der Waals surface area contributed by atoms with Crippen LogP contribution in [-0.4, -0.2) is 9.97 Å².